The minimum Gasteiger partial charge on any atom is -0.495 e. The quantitative estimate of drug-likeness (QED) is 0.422. The van der Waals surface area contributed by atoms with Crippen molar-refractivity contribution in [3.8, 4) is 16.9 Å². The average molecular weight is 425 g/mol. The van der Waals surface area contributed by atoms with E-state index in [0.29, 0.717) is 11.7 Å². The SMILES string of the molecule is CNc1ncc2cc(-c3c(C)ccc4c(Nc5cncc(OC)c5)nn(C)c34)ccc2n1. The number of aryl methyl sites for hydroxylation is 2. The largest absolute Gasteiger partial charge is 0.495 e. The van der Waals surface area contributed by atoms with Crippen molar-refractivity contribution in [2.24, 2.45) is 7.05 Å². The Bertz CT molecular complexity index is 1460. The summed E-state index contributed by atoms with van der Waals surface area (Å²) in [5.74, 6) is 2.06. The predicted octanol–water partition coefficient (Wildman–Crippen LogP) is 4.68. The van der Waals surface area contributed by atoms with Crippen molar-refractivity contribution >= 4 is 39.3 Å². The zero-order valence-corrected chi connectivity index (χ0v) is 18.3. The van der Waals surface area contributed by atoms with E-state index in [0.717, 1.165) is 44.4 Å². The van der Waals surface area contributed by atoms with E-state index < -0.39 is 0 Å². The third-order valence-electron chi connectivity index (χ3n) is 5.52. The van der Waals surface area contributed by atoms with Gasteiger partial charge in [0.2, 0.25) is 5.95 Å². The summed E-state index contributed by atoms with van der Waals surface area (Å²) in [5.41, 5.74) is 6.16. The molecule has 0 aliphatic carbocycles. The molecule has 2 N–H and O–H groups in total. The molecule has 0 amide bonds. The number of hydrogen-bond donors (Lipinski definition) is 2. The second kappa shape index (κ2) is 7.81. The van der Waals surface area contributed by atoms with Crippen molar-refractivity contribution in [2.75, 3.05) is 24.8 Å². The lowest BCUT2D eigenvalue weighted by Crippen LogP contribution is -1.97. The van der Waals surface area contributed by atoms with Gasteiger partial charge in [0, 0.05) is 42.7 Å². The van der Waals surface area contributed by atoms with Crippen LogP contribution in [0.25, 0.3) is 32.9 Å². The first-order valence-corrected chi connectivity index (χ1v) is 10.2. The predicted molar refractivity (Wildman–Crippen MR) is 128 cm³/mol. The highest BCUT2D eigenvalue weighted by Crippen LogP contribution is 2.37. The van der Waals surface area contributed by atoms with Gasteiger partial charge in [0.05, 0.1) is 36.2 Å². The van der Waals surface area contributed by atoms with Crippen molar-refractivity contribution < 1.29 is 4.74 Å². The Morgan fingerprint density at radius 2 is 1.91 bits per heavy atom. The van der Waals surface area contributed by atoms with Crippen molar-refractivity contribution in [3.05, 3.63) is 60.6 Å². The van der Waals surface area contributed by atoms with E-state index in [1.807, 2.05) is 37.1 Å². The molecule has 0 atom stereocenters. The molecule has 0 fully saturated rings. The molecule has 5 rings (SSSR count). The number of nitrogens with one attached hydrogen (secondary N) is 2. The fourth-order valence-corrected chi connectivity index (χ4v) is 3.97. The normalized spacial score (nSPS) is 11.1. The molecule has 3 aromatic heterocycles. The third kappa shape index (κ3) is 3.35. The van der Waals surface area contributed by atoms with E-state index >= 15 is 0 Å². The van der Waals surface area contributed by atoms with Gasteiger partial charge in [-0.15, -0.1) is 0 Å². The average Bonchev–Trinajstić information content (AvgIpc) is 3.13. The third-order valence-corrected chi connectivity index (χ3v) is 5.52. The maximum Gasteiger partial charge on any atom is 0.222 e. The summed E-state index contributed by atoms with van der Waals surface area (Å²) in [6.45, 7) is 2.12. The number of rotatable bonds is 5. The Morgan fingerprint density at radius 3 is 2.72 bits per heavy atom. The van der Waals surface area contributed by atoms with Gasteiger partial charge >= 0.3 is 0 Å². The van der Waals surface area contributed by atoms with Gasteiger partial charge in [-0.3, -0.25) is 9.67 Å². The molecular weight excluding hydrogens is 402 g/mol. The molecule has 8 heteroatoms. The van der Waals surface area contributed by atoms with Crippen LogP contribution < -0.4 is 15.4 Å². The Hall–Kier alpha value is -4.20. The second-order valence-electron chi connectivity index (χ2n) is 7.58. The second-order valence-corrected chi connectivity index (χ2v) is 7.58. The molecule has 0 saturated heterocycles. The lowest BCUT2D eigenvalue weighted by atomic mass is 9.96. The Kier molecular flexibility index (Phi) is 4.82. The zero-order valence-electron chi connectivity index (χ0n) is 18.3. The van der Waals surface area contributed by atoms with E-state index in [9.17, 15) is 0 Å². The number of anilines is 3. The van der Waals surface area contributed by atoms with E-state index in [1.54, 1.807) is 19.5 Å². The summed E-state index contributed by atoms with van der Waals surface area (Å²) in [5, 5.41) is 13.1. The molecule has 0 aliphatic heterocycles. The molecule has 0 spiro atoms. The maximum atomic E-state index is 5.29. The van der Waals surface area contributed by atoms with Crippen LogP contribution in [0.2, 0.25) is 0 Å². The number of hydrogen-bond acceptors (Lipinski definition) is 7. The van der Waals surface area contributed by atoms with Crippen LogP contribution in [0.1, 0.15) is 5.56 Å². The number of pyridine rings is 1. The number of methoxy groups -OCH3 is 1. The summed E-state index contributed by atoms with van der Waals surface area (Å²) >= 11 is 0. The molecule has 0 radical (unpaired) electrons. The van der Waals surface area contributed by atoms with Gasteiger partial charge in [-0.1, -0.05) is 12.1 Å². The fourth-order valence-electron chi connectivity index (χ4n) is 3.97. The van der Waals surface area contributed by atoms with Gasteiger partial charge < -0.3 is 15.4 Å². The zero-order chi connectivity index (χ0) is 22.2. The highest BCUT2D eigenvalue weighted by Gasteiger charge is 2.17. The molecule has 160 valence electrons. The summed E-state index contributed by atoms with van der Waals surface area (Å²) < 4.78 is 7.20. The van der Waals surface area contributed by atoms with E-state index in [-0.39, 0.29) is 0 Å². The lowest BCUT2D eigenvalue weighted by molar-refractivity contribution is 0.413. The minimum atomic E-state index is 0.609. The number of aromatic nitrogens is 5. The van der Waals surface area contributed by atoms with Crippen molar-refractivity contribution in [1.82, 2.24) is 24.7 Å². The van der Waals surface area contributed by atoms with Gasteiger partial charge in [-0.25, -0.2) is 9.97 Å². The Balaban J connectivity index is 1.64. The van der Waals surface area contributed by atoms with Crippen LogP contribution in [0.3, 0.4) is 0 Å². The van der Waals surface area contributed by atoms with Gasteiger partial charge in [0.25, 0.3) is 0 Å². The number of nitrogens with zero attached hydrogens (tertiary/aromatic N) is 5. The first kappa shape index (κ1) is 19.7. The van der Waals surface area contributed by atoms with Crippen molar-refractivity contribution in [1.29, 1.82) is 0 Å². The van der Waals surface area contributed by atoms with Crippen LogP contribution in [-0.4, -0.2) is 38.9 Å². The first-order chi connectivity index (χ1) is 15.6. The number of benzene rings is 2. The van der Waals surface area contributed by atoms with Crippen LogP contribution in [-0.2, 0) is 7.05 Å². The highest BCUT2D eigenvalue weighted by molar-refractivity contribution is 6.03. The number of ether oxygens (including phenoxy) is 1. The summed E-state index contributed by atoms with van der Waals surface area (Å²) in [7, 11) is 5.40. The van der Waals surface area contributed by atoms with Crippen LogP contribution in [0.4, 0.5) is 17.5 Å². The smallest absolute Gasteiger partial charge is 0.222 e. The van der Waals surface area contributed by atoms with E-state index in [4.69, 9.17) is 9.84 Å². The molecule has 3 heterocycles. The molecule has 5 aromatic rings. The fraction of sp³-hybridized carbons (Fsp3) is 0.167. The summed E-state index contributed by atoms with van der Waals surface area (Å²) in [4.78, 5) is 13.1. The first-order valence-electron chi connectivity index (χ1n) is 10.2. The van der Waals surface area contributed by atoms with Crippen LogP contribution in [0.5, 0.6) is 5.75 Å². The van der Waals surface area contributed by atoms with Gasteiger partial charge in [-0.05, 0) is 36.2 Å². The highest BCUT2D eigenvalue weighted by atomic mass is 16.5. The topological polar surface area (TPSA) is 89.8 Å². The van der Waals surface area contributed by atoms with Crippen LogP contribution >= 0.6 is 0 Å². The number of fused-ring (bicyclic) bond motifs is 2. The minimum absolute atomic E-state index is 0.609. The van der Waals surface area contributed by atoms with Crippen LogP contribution in [0.15, 0.2) is 55.0 Å². The molecule has 0 bridgehead atoms. The van der Waals surface area contributed by atoms with E-state index in [1.165, 1.54) is 5.56 Å². The molecule has 0 saturated carbocycles. The maximum absolute atomic E-state index is 5.29. The Labute approximate surface area is 185 Å². The van der Waals surface area contributed by atoms with Gasteiger partial charge in [-0.2, -0.15) is 5.10 Å². The standard InChI is InChI=1S/C24H23N7O/c1-14-5-7-19-22(31(3)30-23(19)28-17-10-18(32-4)13-26-12-17)21(14)15-6-8-20-16(9-15)11-27-24(25-2)29-20/h5-13H,1-4H3,(H,28,30)(H,25,27,29). The molecular formula is C24H23N7O. The monoisotopic (exact) mass is 425 g/mol. The van der Waals surface area contributed by atoms with Crippen molar-refractivity contribution in [3.63, 3.8) is 0 Å². The molecule has 0 aliphatic rings. The molecule has 2 aromatic carbocycles. The lowest BCUT2D eigenvalue weighted by Gasteiger charge is -2.11. The molecule has 32 heavy (non-hydrogen) atoms. The van der Waals surface area contributed by atoms with Gasteiger partial charge in [0.1, 0.15) is 5.75 Å². The summed E-state index contributed by atoms with van der Waals surface area (Å²) in [6, 6.07) is 12.4. The summed E-state index contributed by atoms with van der Waals surface area (Å²) in [6.07, 6.45) is 5.27. The molecule has 8 nitrogen and oxygen atoms in total. The van der Waals surface area contributed by atoms with E-state index in [2.05, 4.69) is 56.8 Å². The Morgan fingerprint density at radius 1 is 1.03 bits per heavy atom. The van der Waals surface area contributed by atoms with Gasteiger partial charge in [0.15, 0.2) is 5.82 Å². The van der Waals surface area contributed by atoms with Crippen molar-refractivity contribution in [2.45, 2.75) is 6.92 Å². The van der Waals surface area contributed by atoms with Crippen LogP contribution in [0, 0.1) is 6.92 Å². The molecule has 0 unspecified atom stereocenters.